The zero-order valence-corrected chi connectivity index (χ0v) is 14.5. The highest BCUT2D eigenvalue weighted by molar-refractivity contribution is 5.72. The SMILES string of the molecule is CC(=O)N(C)Cc1cccc(NCc2ccn(-c3ccccc3)n2)c1. The van der Waals surface area contributed by atoms with Crippen molar-refractivity contribution < 1.29 is 4.79 Å². The summed E-state index contributed by atoms with van der Waals surface area (Å²) in [6, 6.07) is 20.1. The van der Waals surface area contributed by atoms with Crippen molar-refractivity contribution in [3.63, 3.8) is 0 Å². The van der Waals surface area contributed by atoms with E-state index in [0.717, 1.165) is 22.6 Å². The maximum absolute atomic E-state index is 11.4. The lowest BCUT2D eigenvalue weighted by atomic mass is 10.2. The molecule has 0 radical (unpaired) electrons. The van der Waals surface area contributed by atoms with Crippen LogP contribution in [0.25, 0.3) is 5.69 Å². The van der Waals surface area contributed by atoms with Crippen LogP contribution in [-0.2, 0) is 17.9 Å². The topological polar surface area (TPSA) is 50.2 Å². The number of amides is 1. The van der Waals surface area contributed by atoms with E-state index in [1.807, 2.05) is 65.5 Å². The summed E-state index contributed by atoms with van der Waals surface area (Å²) in [6.45, 7) is 2.82. The minimum atomic E-state index is 0.0600. The molecule has 5 heteroatoms. The van der Waals surface area contributed by atoms with Gasteiger partial charge in [-0.2, -0.15) is 5.10 Å². The normalized spacial score (nSPS) is 10.5. The van der Waals surface area contributed by atoms with Gasteiger partial charge in [0.2, 0.25) is 5.91 Å². The number of anilines is 1. The molecule has 0 atom stereocenters. The summed E-state index contributed by atoms with van der Waals surface area (Å²) in [5.41, 5.74) is 4.12. The van der Waals surface area contributed by atoms with Crippen LogP contribution in [-0.4, -0.2) is 27.6 Å². The van der Waals surface area contributed by atoms with Crippen molar-refractivity contribution in [3.8, 4) is 5.69 Å². The molecule has 0 aliphatic carbocycles. The van der Waals surface area contributed by atoms with Gasteiger partial charge in [-0.05, 0) is 35.9 Å². The van der Waals surface area contributed by atoms with Gasteiger partial charge in [-0.1, -0.05) is 30.3 Å². The zero-order chi connectivity index (χ0) is 17.6. The van der Waals surface area contributed by atoms with Gasteiger partial charge in [-0.3, -0.25) is 4.79 Å². The average Bonchev–Trinajstić information content (AvgIpc) is 3.10. The Morgan fingerprint density at radius 1 is 1.12 bits per heavy atom. The Morgan fingerprint density at radius 2 is 1.92 bits per heavy atom. The summed E-state index contributed by atoms with van der Waals surface area (Å²) < 4.78 is 1.87. The summed E-state index contributed by atoms with van der Waals surface area (Å²) in [5.74, 6) is 0.0600. The monoisotopic (exact) mass is 334 g/mol. The van der Waals surface area contributed by atoms with Crippen LogP contribution in [0.1, 0.15) is 18.2 Å². The van der Waals surface area contributed by atoms with E-state index in [4.69, 9.17) is 0 Å². The fourth-order valence-corrected chi connectivity index (χ4v) is 2.54. The van der Waals surface area contributed by atoms with E-state index in [-0.39, 0.29) is 5.91 Å². The second-order valence-corrected chi connectivity index (χ2v) is 6.02. The van der Waals surface area contributed by atoms with Gasteiger partial charge in [0.05, 0.1) is 17.9 Å². The van der Waals surface area contributed by atoms with Crippen molar-refractivity contribution in [3.05, 3.63) is 78.1 Å². The first-order valence-corrected chi connectivity index (χ1v) is 8.26. The maximum atomic E-state index is 11.4. The van der Waals surface area contributed by atoms with Crippen LogP contribution < -0.4 is 5.32 Å². The van der Waals surface area contributed by atoms with Crippen LogP contribution in [0.5, 0.6) is 0 Å². The van der Waals surface area contributed by atoms with Crippen LogP contribution in [0.3, 0.4) is 0 Å². The number of benzene rings is 2. The average molecular weight is 334 g/mol. The van der Waals surface area contributed by atoms with Crippen LogP contribution in [0.4, 0.5) is 5.69 Å². The maximum Gasteiger partial charge on any atom is 0.219 e. The molecular weight excluding hydrogens is 312 g/mol. The Morgan fingerprint density at radius 3 is 2.68 bits per heavy atom. The van der Waals surface area contributed by atoms with Crippen molar-refractivity contribution in [1.29, 1.82) is 0 Å². The van der Waals surface area contributed by atoms with Gasteiger partial charge < -0.3 is 10.2 Å². The van der Waals surface area contributed by atoms with E-state index in [9.17, 15) is 4.79 Å². The molecule has 2 aromatic carbocycles. The lowest BCUT2D eigenvalue weighted by Crippen LogP contribution is -2.23. The quantitative estimate of drug-likeness (QED) is 0.751. The lowest BCUT2D eigenvalue weighted by molar-refractivity contribution is -0.128. The molecule has 5 nitrogen and oxygen atoms in total. The summed E-state index contributed by atoms with van der Waals surface area (Å²) in [6.07, 6.45) is 1.96. The third-order valence-electron chi connectivity index (χ3n) is 4.02. The highest BCUT2D eigenvalue weighted by Gasteiger charge is 2.05. The minimum absolute atomic E-state index is 0.0600. The molecule has 3 aromatic rings. The van der Waals surface area contributed by atoms with E-state index in [1.54, 1.807) is 18.9 Å². The van der Waals surface area contributed by atoms with Gasteiger partial charge >= 0.3 is 0 Å². The smallest absolute Gasteiger partial charge is 0.219 e. The first-order valence-electron chi connectivity index (χ1n) is 8.26. The fraction of sp³-hybridized carbons (Fsp3) is 0.200. The molecule has 0 unspecified atom stereocenters. The number of aromatic nitrogens is 2. The summed E-state index contributed by atoms with van der Waals surface area (Å²) >= 11 is 0. The van der Waals surface area contributed by atoms with E-state index < -0.39 is 0 Å². The number of carbonyl (C=O) groups excluding carboxylic acids is 1. The van der Waals surface area contributed by atoms with Crippen molar-refractivity contribution in [1.82, 2.24) is 14.7 Å². The highest BCUT2D eigenvalue weighted by Crippen LogP contribution is 2.14. The molecule has 1 heterocycles. The molecule has 0 fully saturated rings. The molecular formula is C20H22N4O. The molecule has 3 rings (SSSR count). The Balaban J connectivity index is 1.62. The number of nitrogens with one attached hydrogen (secondary N) is 1. The van der Waals surface area contributed by atoms with E-state index in [1.165, 1.54) is 0 Å². The first kappa shape index (κ1) is 16.8. The number of nitrogens with zero attached hydrogens (tertiary/aromatic N) is 3. The van der Waals surface area contributed by atoms with Gasteiger partial charge in [-0.25, -0.2) is 4.68 Å². The van der Waals surface area contributed by atoms with Gasteiger partial charge in [0.25, 0.3) is 0 Å². The summed E-state index contributed by atoms with van der Waals surface area (Å²) in [5, 5.41) is 7.98. The van der Waals surface area contributed by atoms with Gasteiger partial charge in [0.15, 0.2) is 0 Å². The second-order valence-electron chi connectivity index (χ2n) is 6.02. The number of carbonyl (C=O) groups is 1. The standard InChI is InChI=1S/C20H22N4O/c1-16(25)23(2)15-17-7-6-8-18(13-17)21-14-19-11-12-24(22-19)20-9-4-3-5-10-20/h3-13,21H,14-15H2,1-2H3. The van der Waals surface area contributed by atoms with Crippen molar-refractivity contribution in [2.75, 3.05) is 12.4 Å². The number of para-hydroxylation sites is 1. The van der Waals surface area contributed by atoms with Gasteiger partial charge in [0.1, 0.15) is 0 Å². The third kappa shape index (κ3) is 4.47. The number of hydrogen-bond donors (Lipinski definition) is 1. The summed E-state index contributed by atoms with van der Waals surface area (Å²) in [7, 11) is 1.80. The molecule has 128 valence electrons. The lowest BCUT2D eigenvalue weighted by Gasteiger charge is -2.15. The van der Waals surface area contributed by atoms with Crippen LogP contribution >= 0.6 is 0 Å². The molecule has 1 amide bonds. The fourth-order valence-electron chi connectivity index (χ4n) is 2.54. The zero-order valence-electron chi connectivity index (χ0n) is 14.5. The second kappa shape index (κ2) is 7.66. The summed E-state index contributed by atoms with van der Waals surface area (Å²) in [4.78, 5) is 13.1. The molecule has 0 spiro atoms. The largest absolute Gasteiger partial charge is 0.379 e. The molecule has 1 aromatic heterocycles. The third-order valence-corrected chi connectivity index (χ3v) is 4.02. The van der Waals surface area contributed by atoms with Crippen molar-refractivity contribution in [2.24, 2.45) is 0 Å². The number of hydrogen-bond acceptors (Lipinski definition) is 3. The van der Waals surface area contributed by atoms with E-state index in [0.29, 0.717) is 13.1 Å². The predicted octanol–water partition coefficient (Wildman–Crippen LogP) is 3.46. The van der Waals surface area contributed by atoms with Gasteiger partial charge in [0, 0.05) is 32.4 Å². The molecule has 0 bridgehead atoms. The Labute approximate surface area is 147 Å². The van der Waals surface area contributed by atoms with Crippen LogP contribution in [0.2, 0.25) is 0 Å². The van der Waals surface area contributed by atoms with Crippen LogP contribution in [0, 0.1) is 0 Å². The van der Waals surface area contributed by atoms with Crippen LogP contribution in [0.15, 0.2) is 66.9 Å². The predicted molar refractivity (Wildman–Crippen MR) is 99.5 cm³/mol. The Kier molecular flexibility index (Phi) is 5.14. The Hall–Kier alpha value is -3.08. The molecule has 25 heavy (non-hydrogen) atoms. The molecule has 0 aliphatic heterocycles. The molecule has 0 saturated carbocycles. The van der Waals surface area contributed by atoms with Crippen molar-refractivity contribution in [2.45, 2.75) is 20.0 Å². The molecule has 0 aliphatic rings. The van der Waals surface area contributed by atoms with E-state index in [2.05, 4.69) is 16.5 Å². The molecule has 0 saturated heterocycles. The highest BCUT2D eigenvalue weighted by atomic mass is 16.2. The molecule has 1 N–H and O–H groups in total. The number of rotatable bonds is 6. The van der Waals surface area contributed by atoms with Gasteiger partial charge in [-0.15, -0.1) is 0 Å². The van der Waals surface area contributed by atoms with Crippen molar-refractivity contribution >= 4 is 11.6 Å². The first-order chi connectivity index (χ1) is 12.1. The Bertz CT molecular complexity index is 842. The minimum Gasteiger partial charge on any atom is -0.379 e. The van der Waals surface area contributed by atoms with E-state index >= 15 is 0 Å².